The second kappa shape index (κ2) is 9.17. The van der Waals surface area contributed by atoms with E-state index in [1.165, 1.54) is 41.2 Å². The Morgan fingerprint density at radius 1 is 1.17 bits per heavy atom. The number of hydrogen-bond acceptors (Lipinski definition) is 6. The van der Waals surface area contributed by atoms with E-state index in [2.05, 4.69) is 15.0 Å². The number of rotatable bonds is 7. The SMILES string of the molecule is Cc1ccc(-c2csc(NC(=O)c3cccc(S(=O)(=O)NCCC#N)c3)n2)cc1C. The lowest BCUT2D eigenvalue weighted by molar-refractivity contribution is 0.102. The number of carbonyl (C=O) groups excluding carboxylic acids is 1. The maximum Gasteiger partial charge on any atom is 0.257 e. The van der Waals surface area contributed by atoms with Crippen molar-refractivity contribution < 1.29 is 13.2 Å². The van der Waals surface area contributed by atoms with Crippen LogP contribution in [-0.4, -0.2) is 25.9 Å². The van der Waals surface area contributed by atoms with Crippen LogP contribution < -0.4 is 10.0 Å². The number of nitriles is 1. The maximum absolute atomic E-state index is 12.6. The lowest BCUT2D eigenvalue weighted by atomic mass is 10.1. The number of sulfonamides is 1. The van der Waals surface area contributed by atoms with E-state index in [1.54, 1.807) is 0 Å². The van der Waals surface area contributed by atoms with E-state index in [-0.39, 0.29) is 23.4 Å². The molecule has 0 aliphatic carbocycles. The lowest BCUT2D eigenvalue weighted by Gasteiger charge is -2.07. The normalized spacial score (nSPS) is 11.1. The van der Waals surface area contributed by atoms with Crippen LogP contribution >= 0.6 is 11.3 Å². The molecule has 154 valence electrons. The smallest absolute Gasteiger partial charge is 0.257 e. The van der Waals surface area contributed by atoms with Crippen molar-refractivity contribution in [3.05, 3.63) is 64.5 Å². The van der Waals surface area contributed by atoms with Gasteiger partial charge in [0.2, 0.25) is 10.0 Å². The van der Waals surface area contributed by atoms with Crippen molar-refractivity contribution in [3.8, 4) is 17.3 Å². The van der Waals surface area contributed by atoms with Gasteiger partial charge in [-0.25, -0.2) is 18.1 Å². The summed E-state index contributed by atoms with van der Waals surface area (Å²) in [6.45, 7) is 4.08. The van der Waals surface area contributed by atoms with Crippen LogP contribution in [0.25, 0.3) is 11.3 Å². The number of thiazole rings is 1. The predicted molar refractivity (Wildman–Crippen MR) is 117 cm³/mol. The minimum atomic E-state index is -3.80. The highest BCUT2D eigenvalue weighted by molar-refractivity contribution is 7.89. The number of hydrogen-bond donors (Lipinski definition) is 2. The monoisotopic (exact) mass is 440 g/mol. The number of aryl methyl sites for hydroxylation is 2. The molecule has 0 spiro atoms. The van der Waals surface area contributed by atoms with Crippen LogP contribution in [0.5, 0.6) is 0 Å². The van der Waals surface area contributed by atoms with Crippen molar-refractivity contribution in [2.45, 2.75) is 25.2 Å². The second-order valence-corrected chi connectivity index (χ2v) is 9.25. The molecule has 3 aromatic rings. The fraction of sp³-hybridized carbons (Fsp3) is 0.190. The van der Waals surface area contributed by atoms with Crippen molar-refractivity contribution in [1.29, 1.82) is 5.26 Å². The largest absolute Gasteiger partial charge is 0.298 e. The third-order valence-electron chi connectivity index (χ3n) is 4.46. The average molecular weight is 441 g/mol. The molecule has 0 aliphatic rings. The molecule has 0 unspecified atom stereocenters. The molecule has 0 radical (unpaired) electrons. The highest BCUT2D eigenvalue weighted by Crippen LogP contribution is 2.27. The fourth-order valence-corrected chi connectivity index (χ4v) is 4.45. The molecule has 0 saturated carbocycles. The molecule has 0 aliphatic heterocycles. The minimum Gasteiger partial charge on any atom is -0.298 e. The molecule has 0 atom stereocenters. The van der Waals surface area contributed by atoms with Gasteiger partial charge >= 0.3 is 0 Å². The molecule has 9 heteroatoms. The molecular weight excluding hydrogens is 420 g/mol. The topological polar surface area (TPSA) is 112 Å². The average Bonchev–Trinajstić information content (AvgIpc) is 3.18. The van der Waals surface area contributed by atoms with E-state index in [0.717, 1.165) is 16.8 Å². The summed E-state index contributed by atoms with van der Waals surface area (Å²) in [7, 11) is -3.80. The number of carbonyl (C=O) groups is 1. The van der Waals surface area contributed by atoms with Gasteiger partial charge in [-0.2, -0.15) is 5.26 Å². The summed E-state index contributed by atoms with van der Waals surface area (Å²) in [5.41, 5.74) is 4.27. The summed E-state index contributed by atoms with van der Waals surface area (Å²) in [5, 5.41) is 13.5. The third kappa shape index (κ3) is 5.10. The fourth-order valence-electron chi connectivity index (χ4n) is 2.66. The molecule has 0 saturated heterocycles. The molecule has 0 fully saturated rings. The van der Waals surface area contributed by atoms with E-state index in [9.17, 15) is 13.2 Å². The Bertz CT molecular complexity index is 1230. The van der Waals surface area contributed by atoms with Crippen LogP contribution in [0.1, 0.15) is 27.9 Å². The summed E-state index contributed by atoms with van der Waals surface area (Å²) < 4.78 is 26.9. The molecule has 0 bridgehead atoms. The molecule has 2 N–H and O–H groups in total. The van der Waals surface area contributed by atoms with Crippen LogP contribution in [0.4, 0.5) is 5.13 Å². The first-order valence-corrected chi connectivity index (χ1v) is 11.5. The van der Waals surface area contributed by atoms with Gasteiger partial charge in [0.1, 0.15) is 0 Å². The Morgan fingerprint density at radius 3 is 2.70 bits per heavy atom. The third-order valence-corrected chi connectivity index (χ3v) is 6.68. The molecule has 3 rings (SSSR count). The predicted octanol–water partition coefficient (Wildman–Crippen LogP) is 3.87. The molecule has 1 heterocycles. The van der Waals surface area contributed by atoms with E-state index < -0.39 is 15.9 Å². The van der Waals surface area contributed by atoms with Crippen molar-refractivity contribution in [2.75, 3.05) is 11.9 Å². The quantitative estimate of drug-likeness (QED) is 0.542. The Hall–Kier alpha value is -3.06. The van der Waals surface area contributed by atoms with E-state index in [1.807, 2.05) is 43.5 Å². The second-order valence-electron chi connectivity index (χ2n) is 6.62. The van der Waals surface area contributed by atoms with E-state index >= 15 is 0 Å². The Kier molecular flexibility index (Phi) is 6.62. The summed E-state index contributed by atoms with van der Waals surface area (Å²) in [6, 6.07) is 13.6. The van der Waals surface area contributed by atoms with Crippen molar-refractivity contribution >= 4 is 32.4 Å². The number of amides is 1. The number of nitrogens with one attached hydrogen (secondary N) is 2. The van der Waals surface area contributed by atoms with E-state index in [4.69, 9.17) is 5.26 Å². The standard InChI is InChI=1S/C21H20N4O3S2/c1-14-7-8-16(11-15(14)2)19-13-29-21(24-19)25-20(26)17-5-3-6-18(12-17)30(27,28)23-10-4-9-22/h3,5-8,11-13,23H,4,10H2,1-2H3,(H,24,25,26). The minimum absolute atomic E-state index is 0.00956. The summed E-state index contributed by atoms with van der Waals surface area (Å²) in [4.78, 5) is 17.0. The zero-order valence-corrected chi connectivity index (χ0v) is 18.1. The van der Waals surface area contributed by atoms with Crippen LogP contribution in [0.3, 0.4) is 0 Å². The van der Waals surface area contributed by atoms with Crippen molar-refractivity contribution in [2.24, 2.45) is 0 Å². The highest BCUT2D eigenvalue weighted by atomic mass is 32.2. The summed E-state index contributed by atoms with van der Waals surface area (Å²) in [5.74, 6) is -0.454. The molecular formula is C21H20N4O3S2. The van der Waals surface area contributed by atoms with Crippen LogP contribution in [0.15, 0.2) is 52.7 Å². The van der Waals surface area contributed by atoms with Gasteiger partial charge in [0, 0.05) is 29.5 Å². The summed E-state index contributed by atoms with van der Waals surface area (Å²) >= 11 is 1.30. The zero-order chi connectivity index (χ0) is 21.7. The van der Waals surface area contributed by atoms with Gasteiger partial charge in [0.05, 0.1) is 16.7 Å². The van der Waals surface area contributed by atoms with Gasteiger partial charge in [-0.3, -0.25) is 10.1 Å². The van der Waals surface area contributed by atoms with Crippen LogP contribution in [0, 0.1) is 25.2 Å². The van der Waals surface area contributed by atoms with Gasteiger partial charge in [-0.15, -0.1) is 11.3 Å². The van der Waals surface area contributed by atoms with Crippen LogP contribution in [-0.2, 0) is 10.0 Å². The van der Waals surface area contributed by atoms with Gasteiger partial charge in [-0.05, 0) is 49.2 Å². The van der Waals surface area contributed by atoms with Crippen LogP contribution in [0.2, 0.25) is 0 Å². The van der Waals surface area contributed by atoms with Crippen molar-refractivity contribution in [3.63, 3.8) is 0 Å². The maximum atomic E-state index is 12.6. The number of nitrogens with zero attached hydrogens (tertiary/aromatic N) is 2. The highest BCUT2D eigenvalue weighted by Gasteiger charge is 2.17. The molecule has 7 nitrogen and oxygen atoms in total. The van der Waals surface area contributed by atoms with Crippen molar-refractivity contribution in [1.82, 2.24) is 9.71 Å². The van der Waals surface area contributed by atoms with E-state index in [0.29, 0.717) is 5.13 Å². The molecule has 1 amide bonds. The first kappa shape index (κ1) is 21.6. The Morgan fingerprint density at radius 2 is 1.97 bits per heavy atom. The zero-order valence-electron chi connectivity index (χ0n) is 16.5. The number of benzene rings is 2. The molecule has 30 heavy (non-hydrogen) atoms. The Balaban J connectivity index is 1.75. The first-order valence-electron chi connectivity index (χ1n) is 9.11. The van der Waals surface area contributed by atoms with Gasteiger partial charge in [0.15, 0.2) is 5.13 Å². The molecule has 2 aromatic carbocycles. The Labute approximate surface area is 179 Å². The number of aromatic nitrogens is 1. The lowest BCUT2D eigenvalue weighted by Crippen LogP contribution is -2.25. The number of anilines is 1. The first-order chi connectivity index (χ1) is 14.3. The molecule has 1 aromatic heterocycles. The van der Waals surface area contributed by atoms with Gasteiger partial charge < -0.3 is 0 Å². The van der Waals surface area contributed by atoms with Gasteiger partial charge in [0.25, 0.3) is 5.91 Å². The summed E-state index contributed by atoms with van der Waals surface area (Å²) in [6.07, 6.45) is 0.0618. The van der Waals surface area contributed by atoms with Gasteiger partial charge in [-0.1, -0.05) is 18.2 Å².